The standard InChI is InChI=1S/C28H32N4O4/c1-19(27(35)30-18-22-14-8-13-21-12-5-6-15-23(21)22)31-28(36)24(17-25(29)33)32-26(34)16-7-11-20-9-3-2-4-10-20/h2-6,8-10,12-15,19,24H,7,11,16-18H2,1H3,(H2,29,33)(H,30,35)(H,31,36)(H,32,34)/t19-,24-/m0/s1. The summed E-state index contributed by atoms with van der Waals surface area (Å²) in [5.74, 6) is -2.12. The number of carbonyl (C=O) groups excluding carboxylic acids is 4. The fraction of sp³-hybridized carbons (Fsp3) is 0.286. The summed E-state index contributed by atoms with van der Waals surface area (Å²) in [4.78, 5) is 49.3. The van der Waals surface area contributed by atoms with Crippen molar-refractivity contribution in [2.24, 2.45) is 5.73 Å². The smallest absolute Gasteiger partial charge is 0.243 e. The molecule has 0 saturated heterocycles. The van der Waals surface area contributed by atoms with Crippen LogP contribution in [0.1, 0.15) is 37.3 Å². The Bertz CT molecular complexity index is 1210. The Morgan fingerprint density at radius 2 is 1.53 bits per heavy atom. The highest BCUT2D eigenvalue weighted by molar-refractivity contribution is 5.94. The lowest BCUT2D eigenvalue weighted by atomic mass is 10.0. The molecule has 8 heteroatoms. The number of carbonyl (C=O) groups is 4. The zero-order valence-corrected chi connectivity index (χ0v) is 20.3. The molecule has 0 aromatic heterocycles. The maximum atomic E-state index is 12.8. The van der Waals surface area contributed by atoms with Gasteiger partial charge in [0.15, 0.2) is 0 Å². The molecule has 188 valence electrons. The minimum atomic E-state index is -1.15. The zero-order chi connectivity index (χ0) is 25.9. The summed E-state index contributed by atoms with van der Waals surface area (Å²) < 4.78 is 0. The number of amides is 4. The van der Waals surface area contributed by atoms with Gasteiger partial charge in [-0.3, -0.25) is 19.2 Å². The number of aryl methyl sites for hydroxylation is 1. The average Bonchev–Trinajstić information content (AvgIpc) is 2.87. The second-order valence-electron chi connectivity index (χ2n) is 8.72. The number of primary amides is 1. The Morgan fingerprint density at radius 1 is 0.833 bits per heavy atom. The second-order valence-corrected chi connectivity index (χ2v) is 8.72. The van der Waals surface area contributed by atoms with E-state index >= 15 is 0 Å². The van der Waals surface area contributed by atoms with Gasteiger partial charge < -0.3 is 21.7 Å². The molecule has 3 aromatic carbocycles. The molecular formula is C28H32N4O4. The molecule has 3 aromatic rings. The average molecular weight is 489 g/mol. The predicted octanol–water partition coefficient (Wildman–Crippen LogP) is 2.34. The van der Waals surface area contributed by atoms with Crippen molar-refractivity contribution >= 4 is 34.4 Å². The van der Waals surface area contributed by atoms with Gasteiger partial charge in [0.25, 0.3) is 0 Å². The molecule has 0 bridgehead atoms. The maximum Gasteiger partial charge on any atom is 0.243 e. The molecule has 0 unspecified atom stereocenters. The molecule has 5 N–H and O–H groups in total. The van der Waals surface area contributed by atoms with Crippen LogP contribution in [0.2, 0.25) is 0 Å². The normalized spacial score (nSPS) is 12.4. The van der Waals surface area contributed by atoms with Gasteiger partial charge in [-0.25, -0.2) is 0 Å². The summed E-state index contributed by atoms with van der Waals surface area (Å²) in [6.07, 6.45) is 1.14. The van der Waals surface area contributed by atoms with Crippen molar-refractivity contribution in [3.05, 3.63) is 83.9 Å². The van der Waals surface area contributed by atoms with Crippen molar-refractivity contribution in [1.82, 2.24) is 16.0 Å². The molecule has 0 saturated carbocycles. The van der Waals surface area contributed by atoms with Crippen molar-refractivity contribution in [1.29, 1.82) is 0 Å². The van der Waals surface area contributed by atoms with Crippen LogP contribution in [0.5, 0.6) is 0 Å². The van der Waals surface area contributed by atoms with Gasteiger partial charge in [0.05, 0.1) is 6.42 Å². The number of hydrogen-bond donors (Lipinski definition) is 4. The number of benzene rings is 3. The van der Waals surface area contributed by atoms with Crippen LogP contribution >= 0.6 is 0 Å². The third-order valence-corrected chi connectivity index (χ3v) is 5.85. The second kappa shape index (κ2) is 13.0. The van der Waals surface area contributed by atoms with Crippen LogP contribution in [0, 0.1) is 0 Å². The first-order valence-corrected chi connectivity index (χ1v) is 12.0. The van der Waals surface area contributed by atoms with E-state index in [2.05, 4.69) is 16.0 Å². The van der Waals surface area contributed by atoms with Gasteiger partial charge in [0.1, 0.15) is 12.1 Å². The first-order chi connectivity index (χ1) is 17.3. The van der Waals surface area contributed by atoms with E-state index in [1.54, 1.807) is 6.92 Å². The first kappa shape index (κ1) is 26.4. The molecule has 0 radical (unpaired) electrons. The molecule has 8 nitrogen and oxygen atoms in total. The summed E-state index contributed by atoms with van der Waals surface area (Å²) in [6, 6.07) is 21.4. The van der Waals surface area contributed by atoms with Gasteiger partial charge in [-0.2, -0.15) is 0 Å². The van der Waals surface area contributed by atoms with Crippen molar-refractivity contribution < 1.29 is 19.2 Å². The third kappa shape index (κ3) is 7.94. The Kier molecular flexibility index (Phi) is 9.56. The monoisotopic (exact) mass is 488 g/mol. The highest BCUT2D eigenvalue weighted by Gasteiger charge is 2.26. The number of nitrogens with one attached hydrogen (secondary N) is 3. The molecule has 0 heterocycles. The molecule has 2 atom stereocenters. The van der Waals surface area contributed by atoms with Crippen molar-refractivity contribution in [2.45, 2.75) is 51.2 Å². The van der Waals surface area contributed by atoms with E-state index in [-0.39, 0.29) is 24.7 Å². The predicted molar refractivity (Wildman–Crippen MR) is 139 cm³/mol. The molecule has 0 spiro atoms. The molecule has 3 rings (SSSR count). The Morgan fingerprint density at radius 3 is 2.28 bits per heavy atom. The number of hydrogen-bond acceptors (Lipinski definition) is 4. The SMILES string of the molecule is C[C@H](NC(=O)[C@H](CC(N)=O)NC(=O)CCCc1ccccc1)C(=O)NCc1cccc2ccccc12. The fourth-order valence-corrected chi connectivity index (χ4v) is 3.94. The van der Waals surface area contributed by atoms with Gasteiger partial charge in [-0.15, -0.1) is 0 Å². The van der Waals surface area contributed by atoms with E-state index in [1.165, 1.54) is 0 Å². The number of rotatable bonds is 12. The van der Waals surface area contributed by atoms with E-state index in [0.29, 0.717) is 13.0 Å². The number of fused-ring (bicyclic) bond motifs is 1. The molecule has 0 aliphatic heterocycles. The molecular weight excluding hydrogens is 456 g/mol. The fourth-order valence-electron chi connectivity index (χ4n) is 3.94. The minimum absolute atomic E-state index is 0.193. The van der Waals surface area contributed by atoms with Crippen LogP contribution in [0.4, 0.5) is 0 Å². The summed E-state index contributed by atoms with van der Waals surface area (Å²) in [7, 11) is 0. The topological polar surface area (TPSA) is 130 Å². The Labute approximate surface area is 210 Å². The molecule has 36 heavy (non-hydrogen) atoms. The van der Waals surface area contributed by atoms with E-state index in [9.17, 15) is 19.2 Å². The Balaban J connectivity index is 1.51. The van der Waals surface area contributed by atoms with Crippen LogP contribution in [0.15, 0.2) is 72.8 Å². The van der Waals surface area contributed by atoms with Crippen LogP contribution < -0.4 is 21.7 Å². The van der Waals surface area contributed by atoms with E-state index in [0.717, 1.165) is 28.3 Å². The summed E-state index contributed by atoms with van der Waals surface area (Å²) in [6.45, 7) is 1.84. The van der Waals surface area contributed by atoms with Gasteiger partial charge in [-0.05, 0) is 41.7 Å². The maximum absolute atomic E-state index is 12.8. The highest BCUT2D eigenvalue weighted by atomic mass is 16.2. The third-order valence-electron chi connectivity index (χ3n) is 5.85. The van der Waals surface area contributed by atoms with Crippen LogP contribution in [-0.4, -0.2) is 35.7 Å². The van der Waals surface area contributed by atoms with Gasteiger partial charge >= 0.3 is 0 Å². The van der Waals surface area contributed by atoms with Crippen LogP contribution in [-0.2, 0) is 32.1 Å². The summed E-state index contributed by atoms with van der Waals surface area (Å²) >= 11 is 0. The van der Waals surface area contributed by atoms with Crippen LogP contribution in [0.3, 0.4) is 0 Å². The van der Waals surface area contributed by atoms with E-state index in [1.807, 2.05) is 72.8 Å². The largest absolute Gasteiger partial charge is 0.370 e. The van der Waals surface area contributed by atoms with Gasteiger partial charge in [0.2, 0.25) is 23.6 Å². The quantitative estimate of drug-likeness (QED) is 0.312. The molecule has 0 aliphatic rings. The Hall–Kier alpha value is -4.20. The van der Waals surface area contributed by atoms with Crippen LogP contribution in [0.25, 0.3) is 10.8 Å². The highest BCUT2D eigenvalue weighted by Crippen LogP contribution is 2.18. The lowest BCUT2D eigenvalue weighted by Gasteiger charge is -2.20. The van der Waals surface area contributed by atoms with E-state index < -0.39 is 23.9 Å². The lowest BCUT2D eigenvalue weighted by molar-refractivity contribution is -0.133. The summed E-state index contributed by atoms with van der Waals surface area (Å²) in [5.41, 5.74) is 7.35. The molecule has 0 fully saturated rings. The van der Waals surface area contributed by atoms with Gasteiger partial charge in [-0.1, -0.05) is 72.8 Å². The molecule has 4 amide bonds. The molecule has 0 aliphatic carbocycles. The summed E-state index contributed by atoms with van der Waals surface area (Å²) in [5, 5.41) is 10.1. The minimum Gasteiger partial charge on any atom is -0.370 e. The van der Waals surface area contributed by atoms with E-state index in [4.69, 9.17) is 5.73 Å². The van der Waals surface area contributed by atoms with Crippen molar-refractivity contribution in [3.63, 3.8) is 0 Å². The number of nitrogens with two attached hydrogens (primary N) is 1. The first-order valence-electron chi connectivity index (χ1n) is 12.0. The lowest BCUT2D eigenvalue weighted by Crippen LogP contribution is -2.53. The van der Waals surface area contributed by atoms with Gasteiger partial charge in [0, 0.05) is 13.0 Å². The van der Waals surface area contributed by atoms with Crippen molar-refractivity contribution in [2.75, 3.05) is 0 Å². The zero-order valence-electron chi connectivity index (χ0n) is 20.3. The van der Waals surface area contributed by atoms with Crippen molar-refractivity contribution in [3.8, 4) is 0 Å².